The molecule has 1 aromatic rings. The Morgan fingerprint density at radius 1 is 1.67 bits per heavy atom. The second-order valence-corrected chi connectivity index (χ2v) is 4.08. The fourth-order valence-electron chi connectivity index (χ4n) is 0.953. The molecule has 1 aromatic heterocycles. The highest BCUT2D eigenvalue weighted by Gasteiger charge is 2.04. The summed E-state index contributed by atoms with van der Waals surface area (Å²) in [5.74, 6) is -0.153. The van der Waals surface area contributed by atoms with Crippen LogP contribution in [0.1, 0.15) is 12.8 Å². The molecule has 1 amide bonds. The Morgan fingerprint density at radius 3 is 3.00 bits per heavy atom. The van der Waals surface area contributed by atoms with Crippen LogP contribution in [0.25, 0.3) is 0 Å². The molecule has 82 valence electrons. The van der Waals surface area contributed by atoms with Crippen molar-refractivity contribution in [1.29, 1.82) is 0 Å². The van der Waals surface area contributed by atoms with Crippen molar-refractivity contribution < 1.29 is 9.90 Å². The molecule has 0 saturated heterocycles. The van der Waals surface area contributed by atoms with Crippen LogP contribution >= 0.6 is 27.5 Å². The summed E-state index contributed by atoms with van der Waals surface area (Å²) >= 11 is 8.90. The number of aliphatic hydroxyl groups is 1. The third-order valence-corrected chi connectivity index (χ3v) is 2.78. The van der Waals surface area contributed by atoms with Crippen LogP contribution in [0.15, 0.2) is 16.7 Å². The summed E-state index contributed by atoms with van der Waals surface area (Å²) in [6, 6.07) is 1.67. The number of hydrogen-bond acceptors (Lipinski definition) is 3. The third kappa shape index (κ3) is 4.15. The number of halogens is 2. The van der Waals surface area contributed by atoms with Gasteiger partial charge in [-0.25, -0.2) is 4.98 Å². The second-order valence-electron chi connectivity index (χ2n) is 2.87. The van der Waals surface area contributed by atoms with Crippen LogP contribution < -0.4 is 5.32 Å². The summed E-state index contributed by atoms with van der Waals surface area (Å²) in [6.07, 6.45) is 2.22. The lowest BCUT2D eigenvalue weighted by Gasteiger charge is -2.04. The van der Waals surface area contributed by atoms with Crippen molar-refractivity contribution in [3.05, 3.63) is 21.9 Å². The van der Waals surface area contributed by atoms with E-state index in [-0.39, 0.29) is 18.9 Å². The van der Waals surface area contributed by atoms with Gasteiger partial charge in [0, 0.05) is 13.0 Å². The number of carbonyl (C=O) groups is 1. The van der Waals surface area contributed by atoms with E-state index in [9.17, 15) is 4.79 Å². The number of nitrogens with zero attached hydrogens (tertiary/aromatic N) is 1. The van der Waals surface area contributed by atoms with E-state index in [1.807, 2.05) is 0 Å². The molecule has 0 aliphatic rings. The van der Waals surface area contributed by atoms with Crippen molar-refractivity contribution in [2.75, 3.05) is 11.9 Å². The third-order valence-electron chi connectivity index (χ3n) is 1.64. The number of anilines is 1. The molecule has 0 unspecified atom stereocenters. The molecule has 0 aliphatic carbocycles. The Hall–Kier alpha value is -0.650. The van der Waals surface area contributed by atoms with Crippen molar-refractivity contribution in [2.24, 2.45) is 0 Å². The van der Waals surface area contributed by atoms with Gasteiger partial charge in [0.1, 0.15) is 5.15 Å². The van der Waals surface area contributed by atoms with E-state index in [0.717, 1.165) is 0 Å². The number of rotatable bonds is 4. The maximum Gasteiger partial charge on any atom is 0.224 e. The van der Waals surface area contributed by atoms with Gasteiger partial charge in [-0.05, 0) is 28.4 Å². The molecular formula is C9H10BrClN2O2. The summed E-state index contributed by atoms with van der Waals surface area (Å²) in [5, 5.41) is 11.5. The van der Waals surface area contributed by atoms with E-state index in [1.165, 1.54) is 6.20 Å². The predicted molar refractivity (Wildman–Crippen MR) is 61.9 cm³/mol. The molecule has 0 saturated carbocycles. The van der Waals surface area contributed by atoms with Crippen molar-refractivity contribution >= 4 is 39.1 Å². The molecule has 1 heterocycles. The van der Waals surface area contributed by atoms with Crippen LogP contribution in [0.4, 0.5) is 5.69 Å². The first-order chi connectivity index (χ1) is 7.13. The molecule has 0 aliphatic heterocycles. The van der Waals surface area contributed by atoms with Crippen LogP contribution in [-0.2, 0) is 4.79 Å². The number of aliphatic hydroxyl groups excluding tert-OH is 1. The predicted octanol–water partition coefficient (Wildman–Crippen LogP) is 2.21. The highest BCUT2D eigenvalue weighted by atomic mass is 79.9. The van der Waals surface area contributed by atoms with Gasteiger partial charge in [-0.1, -0.05) is 11.6 Å². The number of carbonyl (C=O) groups excluding carboxylic acids is 1. The average molecular weight is 294 g/mol. The Labute approximate surface area is 101 Å². The Morgan fingerprint density at radius 2 is 2.40 bits per heavy atom. The Balaban J connectivity index is 2.57. The monoisotopic (exact) mass is 292 g/mol. The quantitative estimate of drug-likeness (QED) is 0.837. The number of nitrogens with one attached hydrogen (secondary N) is 1. The standard InChI is InChI=1S/C9H10BrClN2O2/c10-7-4-6(5-12-9(7)11)13-8(15)2-1-3-14/h4-5,14H,1-3H2,(H,13,15). The molecular weight excluding hydrogens is 283 g/mol. The minimum Gasteiger partial charge on any atom is -0.396 e. The molecule has 0 atom stereocenters. The Bertz CT molecular complexity index is 360. The number of amides is 1. The molecule has 0 spiro atoms. The van der Waals surface area contributed by atoms with Crippen molar-refractivity contribution in [3.8, 4) is 0 Å². The summed E-state index contributed by atoms with van der Waals surface area (Å²) < 4.78 is 0.629. The van der Waals surface area contributed by atoms with E-state index in [0.29, 0.717) is 21.7 Å². The number of hydrogen-bond donors (Lipinski definition) is 2. The zero-order chi connectivity index (χ0) is 11.3. The van der Waals surface area contributed by atoms with Gasteiger partial charge in [0.05, 0.1) is 16.4 Å². The lowest BCUT2D eigenvalue weighted by molar-refractivity contribution is -0.116. The average Bonchev–Trinajstić information content (AvgIpc) is 2.20. The zero-order valence-corrected chi connectivity index (χ0v) is 10.2. The summed E-state index contributed by atoms with van der Waals surface area (Å²) in [4.78, 5) is 15.1. The largest absolute Gasteiger partial charge is 0.396 e. The number of pyridine rings is 1. The first-order valence-electron chi connectivity index (χ1n) is 4.35. The molecule has 2 N–H and O–H groups in total. The van der Waals surface area contributed by atoms with Crippen molar-refractivity contribution in [3.63, 3.8) is 0 Å². The minimum absolute atomic E-state index is 0.00990. The van der Waals surface area contributed by atoms with Crippen LogP contribution in [0.3, 0.4) is 0 Å². The molecule has 0 radical (unpaired) electrons. The summed E-state index contributed by atoms with van der Waals surface area (Å²) in [6.45, 7) is 0.00990. The molecule has 1 rings (SSSR count). The maximum absolute atomic E-state index is 11.3. The topological polar surface area (TPSA) is 62.2 Å². The maximum atomic E-state index is 11.3. The van der Waals surface area contributed by atoms with Gasteiger partial charge in [0.2, 0.25) is 5.91 Å². The van der Waals surface area contributed by atoms with Crippen LogP contribution in [-0.4, -0.2) is 22.6 Å². The van der Waals surface area contributed by atoms with Crippen molar-refractivity contribution in [1.82, 2.24) is 4.98 Å². The lowest BCUT2D eigenvalue weighted by atomic mass is 10.3. The first kappa shape index (κ1) is 12.4. The smallest absolute Gasteiger partial charge is 0.224 e. The molecule has 0 bridgehead atoms. The van der Waals surface area contributed by atoms with Crippen LogP contribution in [0, 0.1) is 0 Å². The van der Waals surface area contributed by atoms with E-state index in [1.54, 1.807) is 6.07 Å². The Kier molecular flexibility index (Phi) is 5.01. The second kappa shape index (κ2) is 6.05. The highest BCUT2D eigenvalue weighted by Crippen LogP contribution is 2.22. The summed E-state index contributed by atoms with van der Waals surface area (Å²) in [5.41, 5.74) is 0.578. The van der Waals surface area contributed by atoms with E-state index >= 15 is 0 Å². The SMILES string of the molecule is O=C(CCCO)Nc1cnc(Cl)c(Br)c1. The summed E-state index contributed by atoms with van der Waals surface area (Å²) in [7, 11) is 0. The first-order valence-corrected chi connectivity index (χ1v) is 5.52. The highest BCUT2D eigenvalue weighted by molar-refractivity contribution is 9.10. The van der Waals surface area contributed by atoms with Gasteiger partial charge in [-0.15, -0.1) is 0 Å². The zero-order valence-electron chi connectivity index (χ0n) is 7.83. The van der Waals surface area contributed by atoms with Gasteiger partial charge >= 0.3 is 0 Å². The van der Waals surface area contributed by atoms with E-state index < -0.39 is 0 Å². The van der Waals surface area contributed by atoms with Crippen LogP contribution in [0.2, 0.25) is 5.15 Å². The van der Waals surface area contributed by atoms with Gasteiger partial charge in [-0.3, -0.25) is 4.79 Å². The fraction of sp³-hybridized carbons (Fsp3) is 0.333. The molecule has 4 nitrogen and oxygen atoms in total. The van der Waals surface area contributed by atoms with E-state index in [2.05, 4.69) is 26.2 Å². The molecule has 0 aromatic carbocycles. The molecule has 0 fully saturated rings. The minimum atomic E-state index is -0.153. The van der Waals surface area contributed by atoms with E-state index in [4.69, 9.17) is 16.7 Å². The number of aromatic nitrogens is 1. The van der Waals surface area contributed by atoms with Gasteiger partial charge in [-0.2, -0.15) is 0 Å². The molecule has 15 heavy (non-hydrogen) atoms. The normalized spacial score (nSPS) is 10.1. The fourth-order valence-corrected chi connectivity index (χ4v) is 1.41. The van der Waals surface area contributed by atoms with Crippen LogP contribution in [0.5, 0.6) is 0 Å². The lowest BCUT2D eigenvalue weighted by Crippen LogP contribution is -2.11. The van der Waals surface area contributed by atoms with Crippen molar-refractivity contribution in [2.45, 2.75) is 12.8 Å². The van der Waals surface area contributed by atoms with Gasteiger partial charge in [0.25, 0.3) is 0 Å². The van der Waals surface area contributed by atoms with Gasteiger partial charge < -0.3 is 10.4 Å². The molecule has 6 heteroatoms. The van der Waals surface area contributed by atoms with Gasteiger partial charge in [0.15, 0.2) is 0 Å².